The Labute approximate surface area is 80.0 Å². The van der Waals surface area contributed by atoms with Crippen LogP contribution in [0.5, 0.6) is 0 Å². The Balaban J connectivity index is 2.51. The number of hydrogen-bond donors (Lipinski definition) is 1. The van der Waals surface area contributed by atoms with Gasteiger partial charge in [0.25, 0.3) is 0 Å². The summed E-state index contributed by atoms with van der Waals surface area (Å²) in [4.78, 5) is 0. The minimum Gasteiger partial charge on any atom is -0.324 e. The molecule has 0 saturated heterocycles. The van der Waals surface area contributed by atoms with Crippen molar-refractivity contribution in [2.45, 2.75) is 38.6 Å². The number of fused-ring (bicyclic) bond motifs is 1. The third-order valence-electron chi connectivity index (χ3n) is 2.98. The van der Waals surface area contributed by atoms with Crippen molar-refractivity contribution in [3.8, 4) is 0 Å². The Kier molecular flexibility index (Phi) is 2.12. The average Bonchev–Trinajstić information content (AvgIpc) is 2.48. The number of rotatable bonds is 1. The molecule has 2 rings (SSSR count). The molecule has 0 saturated carbocycles. The number of nitrogens with two attached hydrogens (primary N) is 1. The molecule has 1 nitrogen and oxygen atoms in total. The standard InChI is InChI=1S/C12H17N/c1-8(2)9-4-3-5-11-10(9)6-7-12(11)13/h3-5,8,12H,6-7,13H2,1-2H3. The summed E-state index contributed by atoms with van der Waals surface area (Å²) in [5.74, 6) is 0.625. The highest BCUT2D eigenvalue weighted by atomic mass is 14.6. The second-order valence-electron chi connectivity index (χ2n) is 4.21. The zero-order chi connectivity index (χ0) is 9.42. The molecule has 1 atom stereocenters. The summed E-state index contributed by atoms with van der Waals surface area (Å²) >= 11 is 0. The molecule has 0 fully saturated rings. The molecule has 0 spiro atoms. The highest BCUT2D eigenvalue weighted by molar-refractivity contribution is 5.42. The van der Waals surface area contributed by atoms with E-state index in [2.05, 4.69) is 32.0 Å². The fourth-order valence-corrected chi connectivity index (χ4v) is 2.26. The molecule has 1 aliphatic rings. The van der Waals surface area contributed by atoms with Gasteiger partial charge in [0.15, 0.2) is 0 Å². The summed E-state index contributed by atoms with van der Waals surface area (Å²) in [6, 6.07) is 6.84. The third-order valence-corrected chi connectivity index (χ3v) is 2.98. The van der Waals surface area contributed by atoms with Gasteiger partial charge in [0, 0.05) is 6.04 Å². The van der Waals surface area contributed by atoms with Crippen LogP contribution in [0.15, 0.2) is 18.2 Å². The van der Waals surface area contributed by atoms with Crippen molar-refractivity contribution in [1.82, 2.24) is 0 Å². The Morgan fingerprint density at radius 3 is 2.85 bits per heavy atom. The lowest BCUT2D eigenvalue weighted by molar-refractivity contribution is 0.712. The lowest BCUT2D eigenvalue weighted by Crippen LogP contribution is -2.05. The molecule has 0 radical (unpaired) electrons. The Hall–Kier alpha value is -0.820. The fraction of sp³-hybridized carbons (Fsp3) is 0.500. The van der Waals surface area contributed by atoms with E-state index < -0.39 is 0 Å². The van der Waals surface area contributed by atoms with Gasteiger partial charge in [0.05, 0.1) is 0 Å². The van der Waals surface area contributed by atoms with Gasteiger partial charge < -0.3 is 5.73 Å². The van der Waals surface area contributed by atoms with E-state index in [1.807, 2.05) is 0 Å². The number of hydrogen-bond acceptors (Lipinski definition) is 1. The van der Waals surface area contributed by atoms with Gasteiger partial charge in [-0.3, -0.25) is 0 Å². The first-order chi connectivity index (χ1) is 6.20. The lowest BCUT2D eigenvalue weighted by atomic mass is 9.94. The van der Waals surface area contributed by atoms with Crippen LogP contribution in [0.3, 0.4) is 0 Å². The van der Waals surface area contributed by atoms with Crippen LogP contribution in [0.2, 0.25) is 0 Å². The van der Waals surface area contributed by atoms with Gasteiger partial charge in [0.1, 0.15) is 0 Å². The normalized spacial score (nSPS) is 20.8. The smallest absolute Gasteiger partial charge is 0.0300 e. The molecular weight excluding hydrogens is 158 g/mol. The Morgan fingerprint density at radius 1 is 1.38 bits per heavy atom. The van der Waals surface area contributed by atoms with Crippen LogP contribution in [0, 0.1) is 0 Å². The van der Waals surface area contributed by atoms with E-state index in [4.69, 9.17) is 5.73 Å². The quantitative estimate of drug-likeness (QED) is 0.697. The molecule has 2 N–H and O–H groups in total. The maximum atomic E-state index is 6.02. The van der Waals surface area contributed by atoms with Crippen LogP contribution in [-0.4, -0.2) is 0 Å². The SMILES string of the molecule is CC(C)c1cccc2c1CCC2N. The molecular formula is C12H17N. The molecule has 0 aliphatic heterocycles. The highest BCUT2D eigenvalue weighted by Crippen LogP contribution is 2.34. The first kappa shape index (κ1) is 8.76. The maximum Gasteiger partial charge on any atom is 0.0300 e. The Bertz CT molecular complexity index is 315. The molecule has 1 heteroatoms. The monoisotopic (exact) mass is 175 g/mol. The third kappa shape index (κ3) is 1.37. The largest absolute Gasteiger partial charge is 0.324 e. The summed E-state index contributed by atoms with van der Waals surface area (Å²) in [5.41, 5.74) is 10.4. The van der Waals surface area contributed by atoms with Crippen LogP contribution in [0.4, 0.5) is 0 Å². The molecule has 1 unspecified atom stereocenters. The molecule has 70 valence electrons. The van der Waals surface area contributed by atoms with Crippen molar-refractivity contribution < 1.29 is 0 Å². The van der Waals surface area contributed by atoms with E-state index in [9.17, 15) is 0 Å². The molecule has 0 amide bonds. The van der Waals surface area contributed by atoms with Crippen molar-refractivity contribution in [2.75, 3.05) is 0 Å². The van der Waals surface area contributed by atoms with Gasteiger partial charge in [-0.2, -0.15) is 0 Å². The van der Waals surface area contributed by atoms with Gasteiger partial charge in [-0.1, -0.05) is 32.0 Å². The second kappa shape index (κ2) is 3.15. The van der Waals surface area contributed by atoms with E-state index in [0.29, 0.717) is 5.92 Å². The highest BCUT2D eigenvalue weighted by Gasteiger charge is 2.21. The molecule has 0 bridgehead atoms. The zero-order valence-corrected chi connectivity index (χ0v) is 8.38. The average molecular weight is 175 g/mol. The van der Waals surface area contributed by atoms with E-state index in [0.717, 1.165) is 6.42 Å². The van der Waals surface area contributed by atoms with Crippen molar-refractivity contribution in [3.63, 3.8) is 0 Å². The van der Waals surface area contributed by atoms with Crippen LogP contribution >= 0.6 is 0 Å². The van der Waals surface area contributed by atoms with E-state index in [-0.39, 0.29) is 6.04 Å². The first-order valence-electron chi connectivity index (χ1n) is 5.07. The molecule has 1 aromatic rings. The predicted molar refractivity (Wildman–Crippen MR) is 55.8 cm³/mol. The fourth-order valence-electron chi connectivity index (χ4n) is 2.26. The van der Waals surface area contributed by atoms with Crippen LogP contribution in [0.1, 0.15) is 48.9 Å². The minimum absolute atomic E-state index is 0.286. The van der Waals surface area contributed by atoms with E-state index in [1.54, 1.807) is 0 Å². The van der Waals surface area contributed by atoms with Crippen molar-refractivity contribution in [2.24, 2.45) is 5.73 Å². The van der Waals surface area contributed by atoms with Gasteiger partial charge in [0.2, 0.25) is 0 Å². The summed E-state index contributed by atoms with van der Waals surface area (Å²) in [5, 5.41) is 0. The Morgan fingerprint density at radius 2 is 2.15 bits per heavy atom. The first-order valence-corrected chi connectivity index (χ1v) is 5.07. The second-order valence-corrected chi connectivity index (χ2v) is 4.21. The molecule has 1 aromatic carbocycles. The van der Waals surface area contributed by atoms with Gasteiger partial charge in [-0.05, 0) is 35.4 Å². The van der Waals surface area contributed by atoms with Crippen LogP contribution in [0.25, 0.3) is 0 Å². The molecule has 0 aromatic heterocycles. The summed E-state index contributed by atoms with van der Waals surface area (Å²) in [6.45, 7) is 4.50. The predicted octanol–water partition coefficient (Wildman–Crippen LogP) is 2.76. The summed E-state index contributed by atoms with van der Waals surface area (Å²) < 4.78 is 0. The van der Waals surface area contributed by atoms with Gasteiger partial charge in [-0.15, -0.1) is 0 Å². The molecule has 1 aliphatic carbocycles. The zero-order valence-electron chi connectivity index (χ0n) is 8.38. The molecule has 13 heavy (non-hydrogen) atoms. The van der Waals surface area contributed by atoms with E-state index >= 15 is 0 Å². The topological polar surface area (TPSA) is 26.0 Å². The van der Waals surface area contributed by atoms with Crippen molar-refractivity contribution >= 4 is 0 Å². The van der Waals surface area contributed by atoms with Crippen molar-refractivity contribution in [1.29, 1.82) is 0 Å². The maximum absolute atomic E-state index is 6.02. The molecule has 0 heterocycles. The van der Waals surface area contributed by atoms with Crippen molar-refractivity contribution in [3.05, 3.63) is 34.9 Å². The van der Waals surface area contributed by atoms with Crippen LogP contribution in [-0.2, 0) is 6.42 Å². The van der Waals surface area contributed by atoms with Gasteiger partial charge in [-0.25, -0.2) is 0 Å². The summed E-state index contributed by atoms with van der Waals surface area (Å²) in [7, 11) is 0. The lowest BCUT2D eigenvalue weighted by Gasteiger charge is -2.12. The van der Waals surface area contributed by atoms with Gasteiger partial charge >= 0.3 is 0 Å². The number of benzene rings is 1. The van der Waals surface area contributed by atoms with E-state index in [1.165, 1.54) is 23.1 Å². The van der Waals surface area contributed by atoms with Crippen LogP contribution < -0.4 is 5.73 Å². The minimum atomic E-state index is 0.286. The summed E-state index contributed by atoms with van der Waals surface area (Å²) in [6.07, 6.45) is 2.30.